The van der Waals surface area contributed by atoms with Crippen LogP contribution in [0.25, 0.3) is 0 Å². The predicted molar refractivity (Wildman–Crippen MR) is 79.3 cm³/mol. The van der Waals surface area contributed by atoms with Crippen molar-refractivity contribution in [3.05, 3.63) is 51.0 Å². The van der Waals surface area contributed by atoms with Crippen molar-refractivity contribution in [1.29, 1.82) is 0 Å². The summed E-state index contributed by atoms with van der Waals surface area (Å²) in [6.07, 6.45) is 2.00. The number of rotatable bonds is 6. The maximum Gasteiger partial charge on any atom is 0.347 e. The van der Waals surface area contributed by atoms with Gasteiger partial charge in [0.25, 0.3) is 0 Å². The maximum absolute atomic E-state index is 11.2. The molecule has 2 aromatic rings. The molecule has 0 saturated heterocycles. The summed E-state index contributed by atoms with van der Waals surface area (Å²) >= 11 is 1.19. The molecule has 0 atom stereocenters. The summed E-state index contributed by atoms with van der Waals surface area (Å²) in [5.74, 6) is -1.90. The van der Waals surface area contributed by atoms with E-state index < -0.39 is 11.9 Å². The van der Waals surface area contributed by atoms with E-state index in [-0.39, 0.29) is 5.56 Å². The number of hydrogen-bond acceptors (Lipinski definition) is 4. The Morgan fingerprint density at radius 3 is 2.33 bits per heavy atom. The first-order chi connectivity index (χ1) is 10.0. The molecular formula is C15H15NO4S. The lowest BCUT2D eigenvalue weighted by molar-refractivity contribution is 0.0687. The van der Waals surface area contributed by atoms with E-state index in [1.54, 1.807) is 12.1 Å². The molecule has 2 N–H and O–H groups in total. The molecule has 0 fully saturated rings. The zero-order valence-corrected chi connectivity index (χ0v) is 12.3. The Morgan fingerprint density at radius 1 is 1.14 bits per heavy atom. The summed E-state index contributed by atoms with van der Waals surface area (Å²) < 4.78 is 0. The summed E-state index contributed by atoms with van der Waals surface area (Å²) in [6.45, 7) is 1.98. The number of aromatic nitrogens is 1. The fourth-order valence-electron chi connectivity index (χ4n) is 1.99. The Bertz CT molecular complexity index is 661. The van der Waals surface area contributed by atoms with Crippen LogP contribution < -0.4 is 0 Å². The summed E-state index contributed by atoms with van der Waals surface area (Å²) in [7, 11) is 0. The number of carbonyl (C=O) groups is 2. The number of aromatic carboxylic acids is 2. The first kappa shape index (κ1) is 15.2. The van der Waals surface area contributed by atoms with Crippen LogP contribution in [0.3, 0.4) is 0 Å². The van der Waals surface area contributed by atoms with E-state index in [0.29, 0.717) is 23.4 Å². The van der Waals surface area contributed by atoms with E-state index in [1.165, 1.54) is 23.5 Å². The minimum Gasteiger partial charge on any atom is -0.478 e. The van der Waals surface area contributed by atoms with Crippen molar-refractivity contribution in [3.8, 4) is 0 Å². The number of carboxylic acids is 2. The summed E-state index contributed by atoms with van der Waals surface area (Å²) in [4.78, 5) is 26.7. The second-order valence-corrected chi connectivity index (χ2v) is 5.70. The van der Waals surface area contributed by atoms with Crippen LogP contribution in [0.1, 0.15) is 49.6 Å². The standard InChI is InChI=1S/C15H15NO4S/c1-2-3-11-13(15(19)20)21-12(16-11)8-9-4-6-10(7-5-9)14(17)18/h4-7H,2-3,8H2,1H3,(H,17,18)(H,19,20). The Morgan fingerprint density at radius 2 is 1.81 bits per heavy atom. The molecule has 0 spiro atoms. The molecule has 0 aliphatic rings. The summed E-state index contributed by atoms with van der Waals surface area (Å²) in [5.41, 5.74) is 1.77. The highest BCUT2D eigenvalue weighted by Gasteiger charge is 2.16. The average Bonchev–Trinajstić information content (AvgIpc) is 2.83. The third-order valence-corrected chi connectivity index (χ3v) is 4.06. The molecule has 5 nitrogen and oxygen atoms in total. The van der Waals surface area contributed by atoms with Gasteiger partial charge in [0.1, 0.15) is 4.88 Å². The van der Waals surface area contributed by atoms with Crippen molar-refractivity contribution in [1.82, 2.24) is 4.98 Å². The van der Waals surface area contributed by atoms with Gasteiger partial charge in [0, 0.05) is 6.42 Å². The number of benzene rings is 1. The smallest absolute Gasteiger partial charge is 0.347 e. The highest BCUT2D eigenvalue weighted by atomic mass is 32.1. The second kappa shape index (κ2) is 6.49. The highest BCUT2D eigenvalue weighted by molar-refractivity contribution is 7.13. The largest absolute Gasteiger partial charge is 0.478 e. The van der Waals surface area contributed by atoms with E-state index >= 15 is 0 Å². The van der Waals surface area contributed by atoms with Crippen LogP contribution in [0.15, 0.2) is 24.3 Å². The maximum atomic E-state index is 11.2. The molecule has 0 aliphatic carbocycles. The highest BCUT2D eigenvalue weighted by Crippen LogP contribution is 2.22. The van der Waals surface area contributed by atoms with Gasteiger partial charge in [-0.3, -0.25) is 0 Å². The molecule has 110 valence electrons. The Kier molecular flexibility index (Phi) is 4.70. The lowest BCUT2D eigenvalue weighted by atomic mass is 10.1. The molecule has 0 unspecified atom stereocenters. The van der Waals surface area contributed by atoms with Crippen molar-refractivity contribution in [2.45, 2.75) is 26.2 Å². The number of nitrogens with zero attached hydrogens (tertiary/aromatic N) is 1. The molecule has 1 aromatic heterocycles. The molecular weight excluding hydrogens is 290 g/mol. The number of carboxylic acid groups (broad SMARTS) is 2. The Labute approximate surface area is 125 Å². The molecule has 0 saturated carbocycles. The van der Waals surface area contributed by atoms with Gasteiger partial charge in [-0.15, -0.1) is 11.3 Å². The van der Waals surface area contributed by atoms with Crippen LogP contribution in [0, 0.1) is 0 Å². The van der Waals surface area contributed by atoms with Gasteiger partial charge in [-0.2, -0.15) is 0 Å². The summed E-state index contributed by atoms with van der Waals surface area (Å²) in [5, 5.41) is 18.8. The van der Waals surface area contributed by atoms with Crippen molar-refractivity contribution >= 4 is 23.3 Å². The molecule has 0 radical (unpaired) electrons. The van der Waals surface area contributed by atoms with Crippen molar-refractivity contribution < 1.29 is 19.8 Å². The van der Waals surface area contributed by atoms with Crippen LogP contribution in [0.5, 0.6) is 0 Å². The van der Waals surface area contributed by atoms with Crippen molar-refractivity contribution in [2.24, 2.45) is 0 Å². The van der Waals surface area contributed by atoms with Gasteiger partial charge in [-0.1, -0.05) is 25.5 Å². The average molecular weight is 305 g/mol. The molecule has 6 heteroatoms. The summed E-state index contributed by atoms with van der Waals surface area (Å²) in [6, 6.07) is 6.53. The molecule has 0 aliphatic heterocycles. The molecule has 0 amide bonds. The minimum atomic E-state index is -0.964. The first-order valence-corrected chi connectivity index (χ1v) is 7.37. The third-order valence-electron chi connectivity index (χ3n) is 2.98. The van der Waals surface area contributed by atoms with E-state index in [4.69, 9.17) is 5.11 Å². The van der Waals surface area contributed by atoms with E-state index in [0.717, 1.165) is 17.0 Å². The molecule has 21 heavy (non-hydrogen) atoms. The molecule has 1 aromatic carbocycles. The molecule has 1 heterocycles. The van der Waals surface area contributed by atoms with Crippen molar-refractivity contribution in [2.75, 3.05) is 0 Å². The molecule has 0 bridgehead atoms. The Hall–Kier alpha value is -2.21. The first-order valence-electron chi connectivity index (χ1n) is 6.55. The van der Waals surface area contributed by atoms with Crippen LogP contribution in [0.4, 0.5) is 0 Å². The van der Waals surface area contributed by atoms with Gasteiger partial charge in [0.05, 0.1) is 16.3 Å². The van der Waals surface area contributed by atoms with E-state index in [1.807, 2.05) is 6.92 Å². The zero-order chi connectivity index (χ0) is 15.4. The molecule has 2 rings (SSSR count). The van der Waals surface area contributed by atoms with Crippen molar-refractivity contribution in [3.63, 3.8) is 0 Å². The van der Waals surface area contributed by atoms with Gasteiger partial charge in [0.15, 0.2) is 0 Å². The number of thiazole rings is 1. The quantitative estimate of drug-likeness (QED) is 0.856. The number of aryl methyl sites for hydroxylation is 1. The predicted octanol–water partition coefficient (Wildman–Crippen LogP) is 3.08. The third kappa shape index (κ3) is 3.66. The van der Waals surface area contributed by atoms with Crippen LogP contribution in [-0.4, -0.2) is 27.1 Å². The fourth-order valence-corrected chi connectivity index (χ4v) is 2.97. The number of hydrogen-bond donors (Lipinski definition) is 2. The van der Waals surface area contributed by atoms with Gasteiger partial charge in [-0.05, 0) is 24.1 Å². The monoisotopic (exact) mass is 305 g/mol. The van der Waals surface area contributed by atoms with Gasteiger partial charge in [-0.25, -0.2) is 14.6 Å². The fraction of sp³-hybridized carbons (Fsp3) is 0.267. The normalized spacial score (nSPS) is 10.5. The van der Waals surface area contributed by atoms with E-state index in [9.17, 15) is 14.7 Å². The van der Waals surface area contributed by atoms with Gasteiger partial charge in [0.2, 0.25) is 0 Å². The van der Waals surface area contributed by atoms with Crippen LogP contribution in [0.2, 0.25) is 0 Å². The van der Waals surface area contributed by atoms with Gasteiger partial charge < -0.3 is 10.2 Å². The lowest BCUT2D eigenvalue weighted by Gasteiger charge is -1.99. The van der Waals surface area contributed by atoms with Crippen LogP contribution in [-0.2, 0) is 12.8 Å². The lowest BCUT2D eigenvalue weighted by Crippen LogP contribution is -1.98. The van der Waals surface area contributed by atoms with Gasteiger partial charge >= 0.3 is 11.9 Å². The minimum absolute atomic E-state index is 0.232. The van der Waals surface area contributed by atoms with Crippen LogP contribution >= 0.6 is 11.3 Å². The SMILES string of the molecule is CCCc1nc(Cc2ccc(C(=O)O)cc2)sc1C(=O)O. The topological polar surface area (TPSA) is 87.5 Å². The Balaban J connectivity index is 2.21. The second-order valence-electron chi connectivity index (χ2n) is 4.62. The van der Waals surface area contributed by atoms with E-state index in [2.05, 4.69) is 4.98 Å². The zero-order valence-electron chi connectivity index (χ0n) is 11.5.